The maximum Gasteiger partial charge on any atom is 0.335 e. The van der Waals surface area contributed by atoms with Gasteiger partial charge in [-0.05, 0) is 12.1 Å². The van der Waals surface area contributed by atoms with Crippen LogP contribution in [0.4, 0.5) is 0 Å². The highest BCUT2D eigenvalue weighted by molar-refractivity contribution is 6.30. The van der Waals surface area contributed by atoms with Gasteiger partial charge in [0.15, 0.2) is 6.10 Å². The number of aromatic nitrogens is 1. The fourth-order valence-corrected chi connectivity index (χ4v) is 1.06. The van der Waals surface area contributed by atoms with E-state index in [0.29, 0.717) is 10.7 Å². The van der Waals surface area contributed by atoms with Crippen LogP contribution in [0, 0.1) is 0 Å². The van der Waals surface area contributed by atoms with E-state index in [2.05, 4.69) is 9.72 Å². The summed E-state index contributed by atoms with van der Waals surface area (Å²) in [5.74, 6) is -0.665. The third-order valence-corrected chi connectivity index (χ3v) is 1.89. The van der Waals surface area contributed by atoms with Crippen LogP contribution in [0.3, 0.4) is 0 Å². The van der Waals surface area contributed by atoms with Gasteiger partial charge in [0.1, 0.15) is 0 Å². The summed E-state index contributed by atoms with van der Waals surface area (Å²) in [4.78, 5) is 14.8. The Morgan fingerprint density at radius 1 is 1.71 bits per heavy atom. The molecule has 0 saturated heterocycles. The summed E-state index contributed by atoms with van der Waals surface area (Å²) >= 11 is 5.62. The molecule has 0 saturated carbocycles. The highest BCUT2D eigenvalue weighted by Gasteiger charge is 2.16. The normalized spacial score (nSPS) is 12.2. The molecule has 14 heavy (non-hydrogen) atoms. The standard InChI is InChI=1S/C9H10ClNO3/c1-14-9(13)8(12)4-7-3-2-6(10)5-11-7/h2-3,5,8,12H,4H2,1H3. The second kappa shape index (κ2) is 4.93. The molecular formula is C9H10ClNO3. The van der Waals surface area contributed by atoms with Gasteiger partial charge in [-0.1, -0.05) is 11.6 Å². The molecule has 0 aliphatic rings. The van der Waals surface area contributed by atoms with Crippen LogP contribution in [0.2, 0.25) is 5.02 Å². The lowest BCUT2D eigenvalue weighted by atomic mass is 10.2. The number of pyridine rings is 1. The Hall–Kier alpha value is -1.13. The predicted molar refractivity (Wildman–Crippen MR) is 51.0 cm³/mol. The number of carbonyl (C=O) groups excluding carboxylic acids is 1. The minimum Gasteiger partial charge on any atom is -0.467 e. The third-order valence-electron chi connectivity index (χ3n) is 1.66. The number of aliphatic hydroxyl groups is 1. The number of carbonyl (C=O) groups is 1. The number of esters is 1. The quantitative estimate of drug-likeness (QED) is 0.759. The molecule has 0 aromatic carbocycles. The van der Waals surface area contributed by atoms with Gasteiger partial charge in [0.25, 0.3) is 0 Å². The van der Waals surface area contributed by atoms with Gasteiger partial charge in [-0.3, -0.25) is 4.98 Å². The zero-order chi connectivity index (χ0) is 10.6. The first-order chi connectivity index (χ1) is 6.63. The minimum atomic E-state index is -1.17. The number of rotatable bonds is 3. The molecule has 1 N–H and O–H groups in total. The van der Waals surface area contributed by atoms with Gasteiger partial charge in [-0.25, -0.2) is 4.79 Å². The van der Waals surface area contributed by atoms with Crippen LogP contribution in [0.15, 0.2) is 18.3 Å². The average Bonchev–Trinajstić information content (AvgIpc) is 2.20. The van der Waals surface area contributed by atoms with E-state index in [4.69, 9.17) is 11.6 Å². The highest BCUT2D eigenvalue weighted by atomic mass is 35.5. The molecular weight excluding hydrogens is 206 g/mol. The Bertz CT molecular complexity index is 312. The van der Waals surface area contributed by atoms with Gasteiger partial charge < -0.3 is 9.84 Å². The molecule has 1 heterocycles. The summed E-state index contributed by atoms with van der Waals surface area (Å²) in [6, 6.07) is 3.29. The first kappa shape index (κ1) is 10.9. The Kier molecular flexibility index (Phi) is 3.85. The van der Waals surface area contributed by atoms with Crippen molar-refractivity contribution in [3.8, 4) is 0 Å². The molecule has 0 radical (unpaired) electrons. The molecule has 0 aliphatic carbocycles. The SMILES string of the molecule is COC(=O)C(O)Cc1ccc(Cl)cn1. The molecule has 5 heteroatoms. The summed E-state index contributed by atoms with van der Waals surface area (Å²) in [5, 5.41) is 9.81. The largest absolute Gasteiger partial charge is 0.467 e. The van der Waals surface area contributed by atoms with Gasteiger partial charge in [0.2, 0.25) is 0 Å². The van der Waals surface area contributed by atoms with Crippen molar-refractivity contribution in [1.29, 1.82) is 0 Å². The van der Waals surface area contributed by atoms with E-state index in [1.54, 1.807) is 12.1 Å². The molecule has 1 rings (SSSR count). The Labute approximate surface area is 86.5 Å². The van der Waals surface area contributed by atoms with Crippen molar-refractivity contribution in [1.82, 2.24) is 4.98 Å². The fraction of sp³-hybridized carbons (Fsp3) is 0.333. The van der Waals surface area contributed by atoms with Crippen LogP contribution < -0.4 is 0 Å². The van der Waals surface area contributed by atoms with Crippen LogP contribution in [-0.2, 0) is 16.0 Å². The molecule has 0 bridgehead atoms. The summed E-state index contributed by atoms with van der Waals surface area (Å²) in [6.45, 7) is 0. The molecule has 0 amide bonds. The summed E-state index contributed by atoms with van der Waals surface area (Å²) in [7, 11) is 1.22. The molecule has 76 valence electrons. The highest BCUT2D eigenvalue weighted by Crippen LogP contribution is 2.08. The number of halogens is 1. The number of aliphatic hydroxyl groups excluding tert-OH is 1. The van der Waals surface area contributed by atoms with E-state index >= 15 is 0 Å². The molecule has 1 aromatic heterocycles. The Morgan fingerprint density at radius 2 is 2.43 bits per heavy atom. The van der Waals surface area contributed by atoms with Gasteiger partial charge in [-0.15, -0.1) is 0 Å². The number of hydrogen-bond acceptors (Lipinski definition) is 4. The zero-order valence-electron chi connectivity index (χ0n) is 7.61. The monoisotopic (exact) mass is 215 g/mol. The van der Waals surface area contributed by atoms with Crippen LogP contribution in [0.1, 0.15) is 5.69 Å². The molecule has 1 unspecified atom stereocenters. The van der Waals surface area contributed by atoms with Crippen molar-refractivity contribution in [2.45, 2.75) is 12.5 Å². The first-order valence-corrected chi connectivity index (χ1v) is 4.37. The molecule has 4 nitrogen and oxygen atoms in total. The lowest BCUT2D eigenvalue weighted by Crippen LogP contribution is -2.24. The number of hydrogen-bond donors (Lipinski definition) is 1. The summed E-state index contributed by atoms with van der Waals surface area (Å²) in [6.07, 6.45) is 0.416. The molecule has 0 aliphatic heterocycles. The summed E-state index contributed by atoms with van der Waals surface area (Å²) < 4.78 is 4.37. The molecule has 0 fully saturated rings. The van der Waals surface area contributed by atoms with Crippen LogP contribution in [-0.4, -0.2) is 29.3 Å². The van der Waals surface area contributed by atoms with Crippen molar-refractivity contribution < 1.29 is 14.6 Å². The number of ether oxygens (including phenoxy) is 1. The molecule has 1 aromatic rings. The second-order valence-electron chi connectivity index (χ2n) is 2.71. The first-order valence-electron chi connectivity index (χ1n) is 4.00. The van der Waals surface area contributed by atoms with Gasteiger partial charge in [-0.2, -0.15) is 0 Å². The predicted octanol–water partition coefficient (Wildman–Crippen LogP) is 0.811. The molecule has 1 atom stereocenters. The van der Waals surface area contributed by atoms with Crippen molar-refractivity contribution >= 4 is 17.6 Å². The maximum absolute atomic E-state index is 10.9. The van der Waals surface area contributed by atoms with E-state index in [0.717, 1.165) is 0 Å². The minimum absolute atomic E-state index is 0.129. The van der Waals surface area contributed by atoms with E-state index < -0.39 is 12.1 Å². The van der Waals surface area contributed by atoms with Crippen LogP contribution in [0.25, 0.3) is 0 Å². The lowest BCUT2D eigenvalue weighted by molar-refractivity contribution is -0.150. The van der Waals surface area contributed by atoms with E-state index in [9.17, 15) is 9.90 Å². The van der Waals surface area contributed by atoms with Crippen molar-refractivity contribution in [3.63, 3.8) is 0 Å². The third kappa shape index (κ3) is 2.97. The zero-order valence-corrected chi connectivity index (χ0v) is 8.36. The number of methoxy groups -OCH3 is 1. The fourth-order valence-electron chi connectivity index (χ4n) is 0.945. The topological polar surface area (TPSA) is 59.4 Å². The van der Waals surface area contributed by atoms with E-state index in [-0.39, 0.29) is 6.42 Å². The van der Waals surface area contributed by atoms with E-state index in [1.807, 2.05) is 0 Å². The Balaban J connectivity index is 2.60. The van der Waals surface area contributed by atoms with Gasteiger partial charge >= 0.3 is 5.97 Å². The van der Waals surface area contributed by atoms with Crippen LogP contribution in [0.5, 0.6) is 0 Å². The average molecular weight is 216 g/mol. The van der Waals surface area contributed by atoms with Gasteiger partial charge in [0, 0.05) is 18.3 Å². The smallest absolute Gasteiger partial charge is 0.335 e. The number of nitrogens with zero attached hydrogens (tertiary/aromatic N) is 1. The van der Waals surface area contributed by atoms with E-state index in [1.165, 1.54) is 13.3 Å². The Morgan fingerprint density at radius 3 is 2.93 bits per heavy atom. The second-order valence-corrected chi connectivity index (χ2v) is 3.15. The summed E-state index contributed by atoms with van der Waals surface area (Å²) in [5.41, 5.74) is 0.590. The van der Waals surface area contributed by atoms with Crippen molar-refractivity contribution in [2.75, 3.05) is 7.11 Å². The van der Waals surface area contributed by atoms with Crippen LogP contribution >= 0.6 is 11.6 Å². The lowest BCUT2D eigenvalue weighted by Gasteiger charge is -2.06. The van der Waals surface area contributed by atoms with Crippen molar-refractivity contribution in [2.24, 2.45) is 0 Å². The maximum atomic E-state index is 10.9. The van der Waals surface area contributed by atoms with Gasteiger partial charge in [0.05, 0.1) is 12.1 Å². The molecule has 0 spiro atoms. The van der Waals surface area contributed by atoms with Crippen molar-refractivity contribution in [3.05, 3.63) is 29.0 Å².